The molecule has 90 valence electrons. The summed E-state index contributed by atoms with van der Waals surface area (Å²) < 4.78 is 5.07. The van der Waals surface area contributed by atoms with Crippen molar-refractivity contribution >= 4 is 11.9 Å². The summed E-state index contributed by atoms with van der Waals surface area (Å²) in [7, 11) is 0. The van der Waals surface area contributed by atoms with Crippen LogP contribution < -0.4 is 5.73 Å². The van der Waals surface area contributed by atoms with E-state index in [-0.39, 0.29) is 19.7 Å². The average molecular weight is 228 g/mol. The predicted molar refractivity (Wildman–Crippen MR) is 56.8 cm³/mol. The lowest BCUT2D eigenvalue weighted by molar-refractivity contribution is -0.146. The van der Waals surface area contributed by atoms with E-state index in [0.717, 1.165) is 0 Å². The van der Waals surface area contributed by atoms with Gasteiger partial charge in [0.05, 0.1) is 6.61 Å². The molecule has 0 bridgehead atoms. The molecule has 0 saturated carbocycles. The van der Waals surface area contributed by atoms with E-state index >= 15 is 0 Å². The van der Waals surface area contributed by atoms with E-state index in [1.807, 2.05) is 0 Å². The first kappa shape index (κ1) is 12.7. The number of carbonyl (C=O) groups is 2. The second-order valence-electron chi connectivity index (χ2n) is 3.83. The Morgan fingerprint density at radius 3 is 2.75 bits per heavy atom. The lowest BCUT2D eigenvalue weighted by Gasteiger charge is -2.28. The van der Waals surface area contributed by atoms with Gasteiger partial charge in [-0.1, -0.05) is 6.08 Å². The third-order valence-corrected chi connectivity index (χ3v) is 2.44. The Labute approximate surface area is 93.7 Å². The molecule has 1 rings (SSSR count). The van der Waals surface area contributed by atoms with Crippen LogP contribution in [0.1, 0.15) is 6.42 Å². The van der Waals surface area contributed by atoms with E-state index in [4.69, 9.17) is 15.6 Å². The van der Waals surface area contributed by atoms with Gasteiger partial charge in [0.25, 0.3) is 0 Å². The predicted octanol–water partition coefficient (Wildman–Crippen LogP) is -0.797. The second-order valence-corrected chi connectivity index (χ2v) is 3.83. The third-order valence-electron chi connectivity index (χ3n) is 2.44. The van der Waals surface area contributed by atoms with Crippen LogP contribution in [-0.4, -0.2) is 53.7 Å². The number of carboxylic acids is 1. The molecule has 0 radical (unpaired) electrons. The first-order valence-electron chi connectivity index (χ1n) is 4.98. The molecule has 1 aliphatic rings. The minimum atomic E-state index is -1.08. The minimum absolute atomic E-state index is 0.138. The molecule has 0 spiro atoms. The number of ether oxygens (including phenoxy) is 1. The monoisotopic (exact) mass is 228 g/mol. The fraction of sp³-hybridized carbons (Fsp3) is 0.600. The van der Waals surface area contributed by atoms with Crippen LogP contribution in [0.25, 0.3) is 0 Å². The molecular weight excluding hydrogens is 212 g/mol. The van der Waals surface area contributed by atoms with Crippen molar-refractivity contribution in [2.75, 3.05) is 26.3 Å². The van der Waals surface area contributed by atoms with Crippen LogP contribution in [0.2, 0.25) is 0 Å². The van der Waals surface area contributed by atoms with Crippen molar-refractivity contribution in [3.63, 3.8) is 0 Å². The van der Waals surface area contributed by atoms with E-state index in [0.29, 0.717) is 13.0 Å². The van der Waals surface area contributed by atoms with Crippen molar-refractivity contribution in [1.29, 1.82) is 0 Å². The van der Waals surface area contributed by atoms with Gasteiger partial charge in [0.2, 0.25) is 5.91 Å². The normalized spacial score (nSPS) is 24.1. The van der Waals surface area contributed by atoms with Crippen molar-refractivity contribution in [2.24, 2.45) is 5.73 Å². The molecule has 1 unspecified atom stereocenters. The lowest BCUT2D eigenvalue weighted by Crippen LogP contribution is -2.56. The van der Waals surface area contributed by atoms with Crippen LogP contribution >= 0.6 is 0 Å². The molecule has 1 saturated heterocycles. The summed E-state index contributed by atoms with van der Waals surface area (Å²) in [5.41, 5.74) is 4.78. The van der Waals surface area contributed by atoms with E-state index in [1.54, 1.807) is 0 Å². The lowest BCUT2D eigenvalue weighted by atomic mass is 9.98. The number of nitrogens with two attached hydrogens (primary N) is 1. The Morgan fingerprint density at radius 1 is 1.62 bits per heavy atom. The number of nitrogens with zero attached hydrogens (tertiary/aromatic N) is 1. The maximum absolute atomic E-state index is 12.0. The van der Waals surface area contributed by atoms with Crippen LogP contribution in [0, 0.1) is 0 Å². The van der Waals surface area contributed by atoms with Gasteiger partial charge in [0.15, 0.2) is 0 Å². The first-order valence-corrected chi connectivity index (χ1v) is 4.98. The zero-order chi connectivity index (χ0) is 12.2. The van der Waals surface area contributed by atoms with E-state index in [1.165, 1.54) is 11.0 Å². The average Bonchev–Trinajstić information content (AvgIpc) is 2.64. The number of hydrogen-bond donors (Lipinski definition) is 2. The Kier molecular flexibility index (Phi) is 4.03. The minimum Gasteiger partial charge on any atom is -0.480 e. The quantitative estimate of drug-likeness (QED) is 0.601. The molecule has 16 heavy (non-hydrogen) atoms. The van der Waals surface area contributed by atoms with E-state index in [2.05, 4.69) is 6.58 Å². The van der Waals surface area contributed by atoms with Crippen molar-refractivity contribution in [1.82, 2.24) is 4.90 Å². The SMILES string of the molecule is C=CCN(CC(=O)O)C(=O)C1(N)CCOC1. The van der Waals surface area contributed by atoms with Crippen LogP contribution in [0.4, 0.5) is 0 Å². The number of aliphatic carboxylic acids is 1. The highest BCUT2D eigenvalue weighted by Crippen LogP contribution is 2.18. The zero-order valence-corrected chi connectivity index (χ0v) is 9.02. The highest BCUT2D eigenvalue weighted by molar-refractivity contribution is 5.89. The summed E-state index contributed by atoms with van der Waals surface area (Å²) in [5.74, 6) is -1.47. The molecule has 0 aromatic rings. The fourth-order valence-electron chi connectivity index (χ4n) is 1.60. The Hall–Kier alpha value is -1.40. The molecule has 1 atom stereocenters. The molecule has 6 heteroatoms. The number of carboxylic acid groups (broad SMARTS) is 1. The van der Waals surface area contributed by atoms with E-state index in [9.17, 15) is 9.59 Å². The van der Waals surface area contributed by atoms with Gasteiger partial charge in [0, 0.05) is 13.2 Å². The van der Waals surface area contributed by atoms with Crippen LogP contribution in [-0.2, 0) is 14.3 Å². The zero-order valence-electron chi connectivity index (χ0n) is 9.02. The number of amides is 1. The smallest absolute Gasteiger partial charge is 0.323 e. The third kappa shape index (κ3) is 2.80. The molecule has 1 amide bonds. The summed E-state index contributed by atoms with van der Waals surface area (Å²) in [5, 5.41) is 8.69. The number of hydrogen-bond acceptors (Lipinski definition) is 4. The summed E-state index contributed by atoms with van der Waals surface area (Å²) in [6, 6.07) is 0. The maximum Gasteiger partial charge on any atom is 0.323 e. The van der Waals surface area contributed by atoms with Gasteiger partial charge in [-0.2, -0.15) is 0 Å². The molecule has 0 aliphatic carbocycles. The van der Waals surface area contributed by atoms with Gasteiger partial charge in [-0.05, 0) is 6.42 Å². The van der Waals surface area contributed by atoms with Gasteiger partial charge in [-0.15, -0.1) is 6.58 Å². The topological polar surface area (TPSA) is 92.9 Å². The summed E-state index contributed by atoms with van der Waals surface area (Å²) in [6.07, 6.45) is 1.89. The molecular formula is C10H16N2O4. The Balaban J connectivity index is 2.72. The molecule has 6 nitrogen and oxygen atoms in total. The maximum atomic E-state index is 12.0. The van der Waals surface area contributed by atoms with Crippen molar-refractivity contribution in [2.45, 2.75) is 12.0 Å². The fourth-order valence-corrected chi connectivity index (χ4v) is 1.60. The van der Waals surface area contributed by atoms with Gasteiger partial charge in [-0.25, -0.2) is 0 Å². The number of rotatable bonds is 5. The van der Waals surface area contributed by atoms with Gasteiger partial charge in [0.1, 0.15) is 12.1 Å². The van der Waals surface area contributed by atoms with Crippen molar-refractivity contribution < 1.29 is 19.4 Å². The standard InChI is InChI=1S/C10H16N2O4/c1-2-4-12(6-8(13)14)9(15)10(11)3-5-16-7-10/h2H,1,3-7,11H2,(H,13,14). The number of carbonyl (C=O) groups excluding carboxylic acids is 1. The second kappa shape index (κ2) is 5.09. The molecule has 1 fully saturated rings. The first-order chi connectivity index (χ1) is 7.49. The van der Waals surface area contributed by atoms with Crippen LogP contribution in [0.15, 0.2) is 12.7 Å². The highest BCUT2D eigenvalue weighted by Gasteiger charge is 2.41. The Morgan fingerprint density at radius 2 is 2.31 bits per heavy atom. The summed E-state index contributed by atoms with van der Waals surface area (Å²) >= 11 is 0. The summed E-state index contributed by atoms with van der Waals surface area (Å²) in [6.45, 7) is 3.85. The summed E-state index contributed by atoms with van der Waals surface area (Å²) in [4.78, 5) is 23.8. The molecule has 3 N–H and O–H groups in total. The van der Waals surface area contributed by atoms with Gasteiger partial charge >= 0.3 is 5.97 Å². The molecule has 0 aromatic heterocycles. The van der Waals surface area contributed by atoms with Crippen LogP contribution in [0.5, 0.6) is 0 Å². The van der Waals surface area contributed by atoms with Crippen molar-refractivity contribution in [3.8, 4) is 0 Å². The highest BCUT2D eigenvalue weighted by atomic mass is 16.5. The molecule has 1 aliphatic heterocycles. The van der Waals surface area contributed by atoms with Gasteiger partial charge < -0.3 is 20.5 Å². The largest absolute Gasteiger partial charge is 0.480 e. The van der Waals surface area contributed by atoms with E-state index < -0.39 is 17.4 Å². The Bertz CT molecular complexity index is 297. The van der Waals surface area contributed by atoms with Crippen LogP contribution in [0.3, 0.4) is 0 Å². The molecule has 1 heterocycles. The molecule has 0 aromatic carbocycles. The van der Waals surface area contributed by atoms with Crippen molar-refractivity contribution in [3.05, 3.63) is 12.7 Å². The van der Waals surface area contributed by atoms with Gasteiger partial charge in [-0.3, -0.25) is 9.59 Å².